The third-order valence-corrected chi connectivity index (χ3v) is 7.77. The second-order valence-corrected chi connectivity index (χ2v) is 9.22. The highest BCUT2D eigenvalue weighted by Gasteiger charge is 2.75. The largest absolute Gasteiger partial charge is 0.387 e. The van der Waals surface area contributed by atoms with Crippen molar-refractivity contribution in [3.8, 4) is 0 Å². The van der Waals surface area contributed by atoms with Crippen LogP contribution in [-0.2, 0) is 15.3 Å². The maximum Gasteiger partial charge on any atom is 0.248 e. The molecule has 29 heavy (non-hydrogen) atoms. The van der Waals surface area contributed by atoms with Crippen LogP contribution >= 0.6 is 34.8 Å². The van der Waals surface area contributed by atoms with E-state index in [1.54, 1.807) is 11.0 Å². The van der Waals surface area contributed by atoms with Crippen LogP contribution in [0.5, 0.6) is 0 Å². The van der Waals surface area contributed by atoms with Gasteiger partial charge in [0.05, 0.1) is 21.8 Å². The van der Waals surface area contributed by atoms with Gasteiger partial charge in [0.25, 0.3) is 0 Å². The van der Waals surface area contributed by atoms with Crippen molar-refractivity contribution in [3.63, 3.8) is 0 Å². The zero-order valence-corrected chi connectivity index (χ0v) is 17.3. The molecule has 2 fully saturated rings. The molecule has 0 aromatic heterocycles. The van der Waals surface area contributed by atoms with Crippen molar-refractivity contribution in [2.45, 2.75) is 17.4 Å². The summed E-state index contributed by atoms with van der Waals surface area (Å²) in [5.41, 5.74) is 1.90. The first kappa shape index (κ1) is 18.1. The van der Waals surface area contributed by atoms with Gasteiger partial charge in [-0.1, -0.05) is 40.9 Å². The van der Waals surface area contributed by atoms with E-state index in [9.17, 15) is 9.90 Å². The van der Waals surface area contributed by atoms with Gasteiger partial charge in [-0.25, -0.2) is 0 Å². The van der Waals surface area contributed by atoms with E-state index in [1.165, 1.54) is 0 Å². The predicted molar refractivity (Wildman–Crippen MR) is 111 cm³/mol. The highest BCUT2D eigenvalue weighted by molar-refractivity contribution is 6.44. The molecule has 2 spiro atoms. The Labute approximate surface area is 181 Å². The normalized spacial score (nSPS) is 32.8. The van der Waals surface area contributed by atoms with Crippen molar-refractivity contribution < 1.29 is 14.6 Å². The van der Waals surface area contributed by atoms with Gasteiger partial charge in [-0.2, -0.15) is 0 Å². The highest BCUT2D eigenvalue weighted by Crippen LogP contribution is 2.68. The lowest BCUT2D eigenvalue weighted by Gasteiger charge is -2.42. The van der Waals surface area contributed by atoms with Crippen LogP contribution in [0.1, 0.15) is 17.2 Å². The summed E-state index contributed by atoms with van der Waals surface area (Å²) in [7, 11) is 0. The Bertz CT molecular complexity index is 1100. The summed E-state index contributed by atoms with van der Waals surface area (Å²) in [6, 6.07) is 9.37. The van der Waals surface area contributed by atoms with Gasteiger partial charge in [0.15, 0.2) is 5.72 Å². The number of halogens is 3. The third-order valence-electron chi connectivity index (χ3n) is 6.73. The van der Waals surface area contributed by atoms with E-state index >= 15 is 0 Å². The fourth-order valence-corrected chi connectivity index (χ4v) is 6.09. The zero-order chi connectivity index (χ0) is 20.1. The predicted octanol–water partition coefficient (Wildman–Crippen LogP) is 3.61. The minimum atomic E-state index is -0.919. The number of anilines is 2. The van der Waals surface area contributed by atoms with E-state index in [4.69, 9.17) is 39.5 Å². The van der Waals surface area contributed by atoms with Crippen LogP contribution in [0.4, 0.5) is 11.4 Å². The molecular weight excluding hydrogens is 437 g/mol. The van der Waals surface area contributed by atoms with Crippen molar-refractivity contribution in [2.24, 2.45) is 5.92 Å². The minimum absolute atomic E-state index is 0.0764. The van der Waals surface area contributed by atoms with E-state index in [0.29, 0.717) is 33.8 Å². The molecule has 1 amide bonds. The van der Waals surface area contributed by atoms with Crippen LogP contribution in [0.2, 0.25) is 15.1 Å². The van der Waals surface area contributed by atoms with Crippen molar-refractivity contribution >= 4 is 52.1 Å². The summed E-state index contributed by atoms with van der Waals surface area (Å²) in [4.78, 5) is 14.0. The van der Waals surface area contributed by atoms with Crippen LogP contribution in [0, 0.1) is 5.92 Å². The molecule has 150 valence electrons. The Balaban J connectivity index is 1.60. The van der Waals surface area contributed by atoms with E-state index in [0.717, 1.165) is 16.8 Å². The lowest BCUT2D eigenvalue weighted by Crippen LogP contribution is -2.58. The molecule has 3 N–H and O–H groups in total. The number of nitrogens with zero attached hydrogens (tertiary/aromatic N) is 1. The number of benzene rings is 2. The average molecular weight is 453 g/mol. The number of hydrogen-bond acceptors (Lipinski definition) is 5. The topological polar surface area (TPSA) is 73.8 Å². The molecule has 6 rings (SSSR count). The number of fused-ring (bicyclic) bond motifs is 5. The number of aliphatic hydroxyl groups excluding tert-OH is 1. The molecule has 0 radical (unpaired) electrons. The van der Waals surface area contributed by atoms with Crippen molar-refractivity contribution in [1.82, 2.24) is 4.90 Å². The number of carbonyl (C=O) groups is 1. The molecule has 4 heterocycles. The molecule has 0 aliphatic carbocycles. The summed E-state index contributed by atoms with van der Waals surface area (Å²) in [6.07, 6.45) is -0.267. The fourth-order valence-electron chi connectivity index (χ4n) is 5.54. The molecular formula is C20H16Cl3N3O3. The SMILES string of the molecule is O=C(CO)N1C[C@H]2[C@H]3O[C@]4(Nc5ccc(Cl)cc53)c3ccc(Cl)c(Cl)c3N[C@]24C1. The number of hydrogen-bond donors (Lipinski definition) is 3. The lowest BCUT2D eigenvalue weighted by atomic mass is 9.78. The quantitative estimate of drug-likeness (QED) is 0.616. The highest BCUT2D eigenvalue weighted by atomic mass is 35.5. The molecule has 9 heteroatoms. The number of rotatable bonds is 1. The number of amides is 1. The van der Waals surface area contributed by atoms with Gasteiger partial charge < -0.3 is 25.4 Å². The summed E-state index contributed by atoms with van der Waals surface area (Å²) in [6.45, 7) is 0.285. The number of carbonyl (C=O) groups excluding carboxylic acids is 1. The number of nitrogens with one attached hydrogen (secondary N) is 2. The van der Waals surface area contributed by atoms with Gasteiger partial charge in [-0.15, -0.1) is 0 Å². The first-order valence-corrected chi connectivity index (χ1v) is 10.4. The monoisotopic (exact) mass is 451 g/mol. The van der Waals surface area contributed by atoms with Crippen molar-refractivity contribution in [2.75, 3.05) is 30.3 Å². The van der Waals surface area contributed by atoms with Gasteiger partial charge in [0, 0.05) is 40.8 Å². The minimum Gasteiger partial charge on any atom is -0.387 e. The molecule has 4 aliphatic rings. The van der Waals surface area contributed by atoms with Crippen molar-refractivity contribution in [1.29, 1.82) is 0 Å². The smallest absolute Gasteiger partial charge is 0.248 e. The molecule has 2 aromatic carbocycles. The Morgan fingerprint density at radius 3 is 2.86 bits per heavy atom. The van der Waals surface area contributed by atoms with Gasteiger partial charge >= 0.3 is 0 Å². The Morgan fingerprint density at radius 2 is 2.07 bits per heavy atom. The summed E-state index contributed by atoms with van der Waals surface area (Å²) >= 11 is 19.1. The van der Waals surface area contributed by atoms with Gasteiger partial charge in [-0.3, -0.25) is 4.79 Å². The Morgan fingerprint density at radius 1 is 1.24 bits per heavy atom. The zero-order valence-electron chi connectivity index (χ0n) is 15.0. The van der Waals surface area contributed by atoms with E-state index in [2.05, 4.69) is 10.6 Å². The van der Waals surface area contributed by atoms with Crippen molar-refractivity contribution in [3.05, 3.63) is 56.5 Å². The molecule has 4 atom stereocenters. The first-order chi connectivity index (χ1) is 13.9. The molecule has 6 nitrogen and oxygen atoms in total. The maximum atomic E-state index is 12.4. The maximum absolute atomic E-state index is 12.4. The summed E-state index contributed by atoms with van der Waals surface area (Å²) < 4.78 is 6.70. The molecule has 4 aliphatic heterocycles. The third kappa shape index (κ3) is 2.04. The number of aliphatic hydroxyl groups is 1. The van der Waals surface area contributed by atoms with Gasteiger partial charge in [-0.05, 0) is 24.3 Å². The molecule has 2 aromatic rings. The van der Waals surface area contributed by atoms with Gasteiger partial charge in [0.1, 0.15) is 12.1 Å². The molecule has 0 saturated carbocycles. The Kier molecular flexibility index (Phi) is 3.56. The molecule has 2 saturated heterocycles. The lowest BCUT2D eigenvalue weighted by molar-refractivity contribution is -0.135. The van der Waals surface area contributed by atoms with E-state index in [-0.39, 0.29) is 17.9 Å². The summed E-state index contributed by atoms with van der Waals surface area (Å²) in [5, 5.41) is 18.1. The Hall–Kier alpha value is -1.70. The van der Waals surface area contributed by atoms with Crippen LogP contribution in [0.3, 0.4) is 0 Å². The number of ether oxygens (including phenoxy) is 1. The van der Waals surface area contributed by atoms with Crippen LogP contribution in [0.15, 0.2) is 30.3 Å². The van der Waals surface area contributed by atoms with E-state index in [1.807, 2.05) is 24.3 Å². The first-order valence-electron chi connectivity index (χ1n) is 9.31. The molecule has 2 bridgehead atoms. The molecule has 0 unspecified atom stereocenters. The summed E-state index contributed by atoms with van der Waals surface area (Å²) in [5.74, 6) is -0.386. The van der Waals surface area contributed by atoms with E-state index < -0.39 is 17.9 Å². The fraction of sp³-hybridized carbons (Fsp3) is 0.350. The van der Waals surface area contributed by atoms with Crippen LogP contribution in [-0.4, -0.2) is 41.1 Å². The number of likely N-dealkylation sites (tertiary alicyclic amines) is 1. The second kappa shape index (κ2) is 5.71. The van der Waals surface area contributed by atoms with Gasteiger partial charge in [0.2, 0.25) is 5.91 Å². The second-order valence-electron chi connectivity index (χ2n) is 8.00. The van der Waals surface area contributed by atoms with Crippen LogP contribution in [0.25, 0.3) is 0 Å². The van der Waals surface area contributed by atoms with Crippen LogP contribution < -0.4 is 10.6 Å². The average Bonchev–Trinajstić information content (AvgIpc) is 3.27. The standard InChI is InChI=1S/C20H16Cl3N3O3/c21-9-1-4-14-10(5-9)18-12-6-26(15(28)7-27)8-19(12)20(24-14,29-18)11-2-3-13(22)16(23)17(11)25-19/h1-5,12,18,24-25,27H,6-8H2/t12-,18-,19+,20+/m0/s1.